The third-order valence-corrected chi connectivity index (χ3v) is 10.4. The van der Waals surface area contributed by atoms with Crippen molar-refractivity contribution in [3.63, 3.8) is 0 Å². The lowest BCUT2D eigenvalue weighted by molar-refractivity contribution is -0.127. The molecule has 9 heteroatoms. The van der Waals surface area contributed by atoms with E-state index < -0.39 is 27.7 Å². The van der Waals surface area contributed by atoms with Gasteiger partial charge in [0.05, 0.1) is 12.7 Å². The molecule has 3 aliphatic rings. The fourth-order valence-corrected chi connectivity index (χ4v) is 7.68. The van der Waals surface area contributed by atoms with Crippen LogP contribution in [-0.2, 0) is 21.4 Å². The van der Waals surface area contributed by atoms with Crippen LogP contribution in [-0.4, -0.2) is 72.6 Å². The molecule has 0 saturated carbocycles. The van der Waals surface area contributed by atoms with Crippen LogP contribution in [0.3, 0.4) is 0 Å². The molecule has 8 nitrogen and oxygen atoms in total. The Morgan fingerprint density at radius 2 is 1.87 bits per heavy atom. The largest absolute Gasteiger partial charge is 0.492 e. The van der Waals surface area contributed by atoms with Gasteiger partial charge >= 0.3 is 0 Å². The van der Waals surface area contributed by atoms with E-state index in [1.165, 1.54) is 11.1 Å². The average molecular weight is 542 g/mol. The zero-order valence-corrected chi connectivity index (χ0v) is 23.3. The monoisotopic (exact) mass is 541 g/mol. The fourth-order valence-electron chi connectivity index (χ4n) is 5.93. The number of aliphatic hydroxyl groups is 1. The number of fused-ring (bicyclic) bond motifs is 2. The van der Waals surface area contributed by atoms with Crippen molar-refractivity contribution in [1.29, 1.82) is 0 Å². The average Bonchev–Trinajstić information content (AvgIpc) is 3.29. The van der Waals surface area contributed by atoms with E-state index in [0.29, 0.717) is 18.8 Å². The summed E-state index contributed by atoms with van der Waals surface area (Å²) in [7, 11) is -4.05. The van der Waals surface area contributed by atoms with Gasteiger partial charge in [0.15, 0.2) is 0 Å². The molecule has 0 aromatic heterocycles. The van der Waals surface area contributed by atoms with Gasteiger partial charge in [-0.1, -0.05) is 44.2 Å². The zero-order chi connectivity index (χ0) is 27.1. The number of ether oxygens (including phenoxy) is 1. The molecule has 38 heavy (non-hydrogen) atoms. The number of likely N-dealkylation sites (tertiary alicyclic amines) is 1. The molecule has 0 radical (unpaired) electrons. The Morgan fingerprint density at radius 3 is 2.58 bits per heavy atom. The van der Waals surface area contributed by atoms with Gasteiger partial charge in [-0.2, -0.15) is 4.31 Å². The number of hydrogen-bond acceptors (Lipinski definition) is 6. The van der Waals surface area contributed by atoms with Crippen molar-refractivity contribution >= 4 is 15.9 Å². The molecular weight excluding hydrogens is 502 g/mol. The van der Waals surface area contributed by atoms with E-state index in [1.807, 2.05) is 12.1 Å². The minimum atomic E-state index is -4.05. The first kappa shape index (κ1) is 27.1. The number of benzene rings is 2. The van der Waals surface area contributed by atoms with Crippen LogP contribution in [0.15, 0.2) is 47.4 Å². The summed E-state index contributed by atoms with van der Waals surface area (Å²) in [6.07, 6.45) is 1.26. The second kappa shape index (κ2) is 10.6. The molecule has 0 aliphatic carbocycles. The first-order valence-electron chi connectivity index (χ1n) is 13.6. The van der Waals surface area contributed by atoms with Gasteiger partial charge in [-0.15, -0.1) is 0 Å². The number of nitrogens with zero attached hydrogens (tertiary/aromatic N) is 2. The minimum Gasteiger partial charge on any atom is -0.492 e. The highest BCUT2D eigenvalue weighted by Crippen LogP contribution is 2.36. The number of rotatable bonds is 3. The number of nitrogens with one attached hydrogen (secondary N) is 1. The summed E-state index contributed by atoms with van der Waals surface area (Å²) in [6.45, 7) is 8.92. The van der Waals surface area contributed by atoms with Gasteiger partial charge in [0.2, 0.25) is 15.9 Å². The Balaban J connectivity index is 1.43. The van der Waals surface area contributed by atoms with Crippen molar-refractivity contribution in [2.24, 2.45) is 0 Å². The van der Waals surface area contributed by atoms with Crippen molar-refractivity contribution in [3.8, 4) is 5.75 Å². The number of carbonyl (C=O) groups is 1. The second-order valence-electron chi connectivity index (χ2n) is 11.4. The molecule has 3 heterocycles. The molecule has 2 saturated heterocycles. The summed E-state index contributed by atoms with van der Waals surface area (Å²) in [5.74, 6) is 0.191. The lowest BCUT2D eigenvalue weighted by atomic mass is 9.84. The molecule has 0 bridgehead atoms. The maximum atomic E-state index is 13.8. The molecular formula is C29H39N3O5S. The molecule has 2 aromatic rings. The van der Waals surface area contributed by atoms with E-state index in [0.717, 1.165) is 42.3 Å². The molecule has 2 atom stereocenters. The van der Waals surface area contributed by atoms with Crippen molar-refractivity contribution in [3.05, 3.63) is 59.2 Å². The van der Waals surface area contributed by atoms with Crippen LogP contribution >= 0.6 is 0 Å². The highest BCUT2D eigenvalue weighted by molar-refractivity contribution is 7.89. The van der Waals surface area contributed by atoms with Crippen LogP contribution < -0.4 is 10.1 Å². The Labute approximate surface area is 226 Å². The van der Waals surface area contributed by atoms with Gasteiger partial charge in [-0.3, -0.25) is 9.69 Å². The van der Waals surface area contributed by atoms with Crippen molar-refractivity contribution in [1.82, 2.24) is 14.5 Å². The maximum Gasteiger partial charge on any atom is 0.247 e. The molecule has 5 rings (SSSR count). The van der Waals surface area contributed by atoms with Crippen LogP contribution in [0.2, 0.25) is 0 Å². The third-order valence-electron chi connectivity index (χ3n) is 8.45. The molecule has 2 N–H and O–H groups in total. The van der Waals surface area contributed by atoms with Gasteiger partial charge in [0.25, 0.3) is 0 Å². The molecule has 3 aliphatic heterocycles. The lowest BCUT2D eigenvalue weighted by Crippen LogP contribution is -2.59. The number of piperidine rings is 1. The predicted molar refractivity (Wildman–Crippen MR) is 146 cm³/mol. The topological polar surface area (TPSA) is 99.2 Å². The number of hydrogen-bond donors (Lipinski definition) is 2. The number of sulfonamides is 1. The van der Waals surface area contributed by atoms with Gasteiger partial charge in [-0.05, 0) is 54.5 Å². The first-order valence-corrected chi connectivity index (χ1v) is 15.1. The number of carbonyl (C=O) groups excluding carboxylic acids is 1. The van der Waals surface area contributed by atoms with Crippen molar-refractivity contribution in [2.75, 3.05) is 26.2 Å². The predicted octanol–water partition coefficient (Wildman–Crippen LogP) is 3.18. The molecule has 2 aromatic carbocycles. The highest BCUT2D eigenvalue weighted by atomic mass is 32.2. The van der Waals surface area contributed by atoms with Crippen LogP contribution in [0.1, 0.15) is 62.1 Å². The van der Waals surface area contributed by atoms with Gasteiger partial charge in [0.1, 0.15) is 16.7 Å². The van der Waals surface area contributed by atoms with Gasteiger partial charge in [-0.25, -0.2) is 8.42 Å². The van der Waals surface area contributed by atoms with E-state index in [-0.39, 0.29) is 29.7 Å². The Bertz CT molecular complexity index is 1290. The summed E-state index contributed by atoms with van der Waals surface area (Å²) >= 11 is 0. The second-order valence-corrected chi connectivity index (χ2v) is 13.3. The van der Waals surface area contributed by atoms with Crippen LogP contribution in [0, 0.1) is 6.92 Å². The Morgan fingerprint density at radius 1 is 1.13 bits per heavy atom. The quantitative estimate of drug-likeness (QED) is 0.619. The zero-order valence-electron chi connectivity index (χ0n) is 22.5. The van der Waals surface area contributed by atoms with Gasteiger partial charge < -0.3 is 15.2 Å². The number of aryl methyl sites for hydroxylation is 1. The van der Waals surface area contributed by atoms with E-state index in [1.54, 1.807) is 12.1 Å². The smallest absolute Gasteiger partial charge is 0.247 e. The van der Waals surface area contributed by atoms with E-state index >= 15 is 0 Å². The molecule has 1 spiro atoms. The molecule has 0 unspecified atom stereocenters. The van der Waals surface area contributed by atoms with Crippen molar-refractivity contribution < 1.29 is 23.1 Å². The molecule has 1 amide bonds. The minimum absolute atomic E-state index is 0.0535. The third kappa shape index (κ3) is 5.34. The lowest BCUT2D eigenvalue weighted by Gasteiger charge is -2.43. The first-order chi connectivity index (χ1) is 18.1. The maximum absolute atomic E-state index is 13.8. The Hall–Kier alpha value is -2.46. The Kier molecular flexibility index (Phi) is 7.57. The summed E-state index contributed by atoms with van der Waals surface area (Å²) in [5, 5.41) is 13.7. The van der Waals surface area contributed by atoms with Crippen LogP contribution in [0.4, 0.5) is 0 Å². The van der Waals surface area contributed by atoms with Crippen LogP contribution in [0.5, 0.6) is 5.75 Å². The number of aliphatic hydroxyl groups excluding tert-OH is 1. The fraction of sp³-hybridized carbons (Fsp3) is 0.552. The molecule has 2 fully saturated rings. The normalized spacial score (nSPS) is 25.8. The highest BCUT2D eigenvalue weighted by Gasteiger charge is 2.47. The number of amides is 1. The van der Waals surface area contributed by atoms with E-state index in [2.05, 4.69) is 49.2 Å². The SMILES string of the molecule is Cc1ccccc1CN1CCC2(CCOc3cc(C(C)C)ccc3S(=O)(=O)N3C[C@H](O)C[C@H]3C(=O)N2)CC1. The summed E-state index contributed by atoms with van der Waals surface area (Å²) in [5.41, 5.74) is 3.06. The van der Waals surface area contributed by atoms with E-state index in [4.69, 9.17) is 4.74 Å². The standard InChI is InChI=1S/C29H39N3O5S/c1-20(2)22-8-9-27-26(16-22)37-15-12-29(30-28(34)25-17-24(33)19-32(25)38(27,35)36)10-13-31(14-11-29)18-23-7-5-4-6-21(23)3/h4-9,16,20,24-25,33H,10-15,17-19H2,1-3H3,(H,30,34)/t24-,25+/m1/s1. The van der Waals surface area contributed by atoms with Gasteiger partial charge in [0, 0.05) is 44.6 Å². The van der Waals surface area contributed by atoms with Crippen molar-refractivity contribution in [2.45, 2.75) is 81.5 Å². The molecule has 206 valence electrons. The van der Waals surface area contributed by atoms with E-state index in [9.17, 15) is 18.3 Å². The summed E-state index contributed by atoms with van der Waals surface area (Å²) in [6, 6.07) is 12.6. The van der Waals surface area contributed by atoms with Crippen LogP contribution in [0.25, 0.3) is 0 Å². The summed E-state index contributed by atoms with van der Waals surface area (Å²) < 4.78 is 34.9. The summed E-state index contributed by atoms with van der Waals surface area (Å²) in [4.78, 5) is 16.1.